The monoisotopic (exact) mass is 993 g/mol. The number of aliphatic hydroxyl groups is 8. The lowest BCUT2D eigenvalue weighted by Crippen LogP contribution is -2.62. The Bertz CT molecular complexity index is 1820. The Kier molecular flexibility index (Phi) is 24.9. The first kappa shape index (κ1) is 58.3. The molecule has 0 radical (unpaired) electrons. The molecule has 0 aromatic carbocycles. The van der Waals surface area contributed by atoms with Gasteiger partial charge >= 0.3 is 18.2 Å². The molecular formula is C50H76N2O18. The smallest absolute Gasteiger partial charge is 0.407 e. The number of cyclic esters (lactones) is 1. The summed E-state index contributed by atoms with van der Waals surface area (Å²) in [5, 5.41) is 92.1. The summed E-state index contributed by atoms with van der Waals surface area (Å²) in [6.07, 6.45) is 7.80. The molecule has 4 aliphatic rings. The second-order valence-electron chi connectivity index (χ2n) is 18.3. The number of ether oxygens (including phenoxy) is 7. The highest BCUT2D eigenvalue weighted by molar-refractivity contribution is 5.71. The molecule has 0 spiro atoms. The fourth-order valence-corrected chi connectivity index (χ4v) is 8.48. The number of esters is 1. The molecule has 0 aromatic heterocycles. The maximum Gasteiger partial charge on any atom is 0.407 e. The first-order valence-electron chi connectivity index (χ1n) is 24.1. The summed E-state index contributed by atoms with van der Waals surface area (Å²) < 4.78 is 40.6. The summed E-state index contributed by atoms with van der Waals surface area (Å²) in [5.41, 5.74) is 0. The summed E-state index contributed by atoms with van der Waals surface area (Å²) >= 11 is 0. The number of alkyl carbamates (subject to hydrolysis) is 2. The lowest BCUT2D eigenvalue weighted by atomic mass is 9.87. The van der Waals surface area contributed by atoms with Crippen LogP contribution >= 0.6 is 0 Å². The van der Waals surface area contributed by atoms with Gasteiger partial charge in [0, 0.05) is 45.1 Å². The van der Waals surface area contributed by atoms with Crippen molar-refractivity contribution in [1.82, 2.24) is 10.6 Å². The van der Waals surface area contributed by atoms with Gasteiger partial charge in [-0.2, -0.15) is 0 Å². The highest BCUT2D eigenvalue weighted by atomic mass is 16.7. The van der Waals surface area contributed by atoms with Crippen molar-refractivity contribution in [2.24, 2.45) is 5.92 Å². The molecule has 20 nitrogen and oxygen atoms in total. The maximum atomic E-state index is 12.7. The highest BCUT2D eigenvalue weighted by Crippen LogP contribution is 2.40. The molecule has 3 saturated heterocycles. The Balaban J connectivity index is 1.57. The van der Waals surface area contributed by atoms with Gasteiger partial charge in [0.15, 0.2) is 12.1 Å². The lowest BCUT2D eigenvalue weighted by molar-refractivity contribution is -0.304. The van der Waals surface area contributed by atoms with Crippen LogP contribution in [0.1, 0.15) is 85.0 Å². The highest BCUT2D eigenvalue weighted by Gasteiger charge is 2.54. The van der Waals surface area contributed by atoms with Crippen LogP contribution in [0.5, 0.6) is 0 Å². The normalized spacial score (nSPS) is 41.4. The predicted octanol–water partition coefficient (Wildman–Crippen LogP) is 2.32. The fraction of sp³-hybridized carbons (Fsp3) is 0.660. The zero-order valence-corrected chi connectivity index (χ0v) is 40.5. The van der Waals surface area contributed by atoms with Crippen LogP contribution in [0.2, 0.25) is 0 Å². The average molecular weight is 993 g/mol. The summed E-state index contributed by atoms with van der Waals surface area (Å²) in [7, 11) is 1.35. The largest absolute Gasteiger partial charge is 0.462 e. The minimum Gasteiger partial charge on any atom is -0.462 e. The van der Waals surface area contributed by atoms with E-state index in [-0.39, 0.29) is 70.5 Å². The molecule has 0 aliphatic carbocycles. The molecule has 0 aromatic rings. The Morgan fingerprint density at radius 2 is 1.37 bits per heavy atom. The molecule has 10 N–H and O–H groups in total. The molecule has 2 amide bonds. The van der Waals surface area contributed by atoms with E-state index >= 15 is 0 Å². The van der Waals surface area contributed by atoms with Crippen molar-refractivity contribution >= 4 is 18.2 Å². The summed E-state index contributed by atoms with van der Waals surface area (Å²) in [4.78, 5) is 37.6. The molecule has 0 unspecified atom stereocenters. The van der Waals surface area contributed by atoms with Crippen molar-refractivity contribution in [3.63, 3.8) is 0 Å². The number of rotatable bonds is 6. The van der Waals surface area contributed by atoms with Crippen LogP contribution in [-0.2, 0) is 38.0 Å². The minimum atomic E-state index is -1.59. The number of hydrogen-bond donors (Lipinski definition) is 10. The van der Waals surface area contributed by atoms with Gasteiger partial charge in [0.1, 0.15) is 24.4 Å². The van der Waals surface area contributed by atoms with Crippen molar-refractivity contribution in [3.8, 4) is 0 Å². The molecule has 4 heterocycles. The number of carbonyl (C=O) groups is 3. The van der Waals surface area contributed by atoms with E-state index < -0.39 is 122 Å². The van der Waals surface area contributed by atoms with Crippen molar-refractivity contribution < 1.29 is 88.4 Å². The van der Waals surface area contributed by atoms with Gasteiger partial charge in [0.05, 0.1) is 80.5 Å². The average Bonchev–Trinajstić information content (AvgIpc) is 3.68. The molecule has 4 rings (SSSR count). The van der Waals surface area contributed by atoms with E-state index in [9.17, 15) is 55.2 Å². The molecule has 394 valence electrons. The fourth-order valence-electron chi connectivity index (χ4n) is 8.48. The van der Waals surface area contributed by atoms with Crippen molar-refractivity contribution in [3.05, 3.63) is 85.1 Å². The number of methoxy groups -OCH3 is 1. The van der Waals surface area contributed by atoms with Crippen LogP contribution in [0.4, 0.5) is 9.59 Å². The molecule has 3 fully saturated rings. The Hall–Kier alpha value is -4.29. The van der Waals surface area contributed by atoms with Crippen LogP contribution in [0.15, 0.2) is 85.1 Å². The number of aliphatic hydroxyl groups excluding tert-OH is 8. The number of allylic oxidation sites excluding steroid dienone is 12. The second kappa shape index (κ2) is 29.9. The third-order valence-corrected chi connectivity index (χ3v) is 12.3. The Labute approximate surface area is 410 Å². The maximum absolute atomic E-state index is 12.7. The number of carbonyl (C=O) groups excluding carboxylic acids is 3. The zero-order chi connectivity index (χ0) is 51.2. The second-order valence-corrected chi connectivity index (χ2v) is 18.3. The van der Waals surface area contributed by atoms with E-state index in [4.69, 9.17) is 33.2 Å². The molecule has 70 heavy (non-hydrogen) atoms. The standard InChI is InChI=1S/C50H76N2O18/c1-5-22-65-48(62)51-44-40(59)30-66-47(46(44)61)68-36-19-17-15-13-11-9-7-6-8-10-12-14-16-18-31(2)38(57)23-32(3)67-43(60)26-34(54)24-33(53)20-21-37(56)39(58)25-35(55)28-50(64-4)29-42-45(41(27-36)70-50)52-49(63)69-42/h6-19,31-42,44-47,53-59,61H,5,20-30H2,1-4H3,(H,51,62)(H,52,63)/b7-6-,10-8-,11-9-,14-12-,15-13-,18-16-,19-17-/t31-,32-,33+,34+,35-,36-,37+,38-,39+,40+,41-,42-,44-,45-,46-,47-,50+/m0/s1. The topological polar surface area (TPSA) is 302 Å². The first-order chi connectivity index (χ1) is 33.4. The molecule has 20 heteroatoms. The van der Waals surface area contributed by atoms with Crippen LogP contribution in [0, 0.1) is 5.92 Å². The van der Waals surface area contributed by atoms with Gasteiger partial charge in [-0.15, -0.1) is 0 Å². The van der Waals surface area contributed by atoms with Crippen LogP contribution in [0.25, 0.3) is 0 Å². The Morgan fingerprint density at radius 1 is 0.729 bits per heavy atom. The lowest BCUT2D eigenvalue weighted by Gasteiger charge is -2.46. The number of fused-ring (bicyclic) bond motifs is 4. The molecule has 17 atom stereocenters. The van der Waals surface area contributed by atoms with E-state index in [1.165, 1.54) is 7.11 Å². The van der Waals surface area contributed by atoms with E-state index in [2.05, 4.69) is 10.6 Å². The summed E-state index contributed by atoms with van der Waals surface area (Å²) in [5.74, 6) is -2.55. The van der Waals surface area contributed by atoms with Gasteiger partial charge in [-0.1, -0.05) is 98.9 Å². The van der Waals surface area contributed by atoms with E-state index in [1.54, 1.807) is 43.4 Å². The third kappa shape index (κ3) is 19.7. The van der Waals surface area contributed by atoms with E-state index in [0.29, 0.717) is 6.42 Å². The zero-order valence-electron chi connectivity index (χ0n) is 40.5. The van der Waals surface area contributed by atoms with Crippen LogP contribution < -0.4 is 10.6 Å². The van der Waals surface area contributed by atoms with Crippen LogP contribution in [0.3, 0.4) is 0 Å². The van der Waals surface area contributed by atoms with Crippen LogP contribution in [-0.4, -0.2) is 177 Å². The van der Waals surface area contributed by atoms with Gasteiger partial charge in [0.25, 0.3) is 0 Å². The number of nitrogens with one attached hydrogen (secondary N) is 2. The van der Waals surface area contributed by atoms with Gasteiger partial charge in [-0.05, 0) is 32.6 Å². The molecule has 0 saturated carbocycles. The predicted molar refractivity (Wildman–Crippen MR) is 253 cm³/mol. The number of hydrogen-bond acceptors (Lipinski definition) is 18. The quantitative estimate of drug-likeness (QED) is 0.135. The van der Waals surface area contributed by atoms with E-state index in [0.717, 1.165) is 0 Å². The van der Waals surface area contributed by atoms with Gasteiger partial charge in [-0.25, -0.2) is 9.59 Å². The molecule has 2 bridgehead atoms. The van der Waals surface area contributed by atoms with Crippen molar-refractivity contribution in [1.29, 1.82) is 0 Å². The Morgan fingerprint density at radius 3 is 2.01 bits per heavy atom. The SMILES string of the molecule is CCCOC(=O)N[C@@H]1[C@H](O)[C@H](O[C@H]2\C=C/C=C\C=C/C=C\C=C/C=C\C=C/[C@H](C)[C@@H](O)C[C@H](C)OC(=O)C[C@H](O)C[C@H](O)CC[C@@H](O)[C@H](O)C[C@H](O)C[C@]3(OC)C[C@@H]4OC(=O)N[C@H]4[C@H](C2)O3)OC[C@H]1O. The summed E-state index contributed by atoms with van der Waals surface area (Å²) in [6.45, 7) is 5.11. The molecule has 4 aliphatic heterocycles. The summed E-state index contributed by atoms with van der Waals surface area (Å²) in [6, 6.07) is -1.94. The van der Waals surface area contributed by atoms with Crippen molar-refractivity contribution in [2.45, 2.75) is 182 Å². The van der Waals surface area contributed by atoms with Gasteiger partial charge < -0.3 is 84.6 Å². The van der Waals surface area contributed by atoms with E-state index in [1.807, 2.05) is 62.5 Å². The van der Waals surface area contributed by atoms with Crippen molar-refractivity contribution in [2.75, 3.05) is 20.3 Å². The molecular weight excluding hydrogens is 917 g/mol. The number of amides is 2. The van der Waals surface area contributed by atoms with Gasteiger partial charge in [-0.3, -0.25) is 4.79 Å². The van der Waals surface area contributed by atoms with Gasteiger partial charge in [0.2, 0.25) is 0 Å². The third-order valence-electron chi connectivity index (χ3n) is 12.3. The minimum absolute atomic E-state index is 0.0169. The first-order valence-corrected chi connectivity index (χ1v) is 24.1.